The van der Waals surface area contributed by atoms with Crippen molar-refractivity contribution in [1.82, 2.24) is 0 Å². The van der Waals surface area contributed by atoms with Gasteiger partial charge in [-0.05, 0) is 36.3 Å². The van der Waals surface area contributed by atoms with Crippen LogP contribution in [0.4, 0.5) is 0 Å². The van der Waals surface area contributed by atoms with Crippen LogP contribution >= 0.6 is 0 Å². The minimum Gasteiger partial charge on any atom is -0.377 e. The fourth-order valence-electron chi connectivity index (χ4n) is 2.72. The van der Waals surface area contributed by atoms with Crippen molar-refractivity contribution in [2.75, 3.05) is 18.1 Å². The van der Waals surface area contributed by atoms with Crippen molar-refractivity contribution in [2.45, 2.75) is 45.3 Å². The SMILES string of the molecule is CC(C)Cc1ccc(C(N)CS(=O)CC2CCCO2)cc1. The van der Waals surface area contributed by atoms with E-state index < -0.39 is 10.8 Å². The lowest BCUT2D eigenvalue weighted by atomic mass is 10.0. The summed E-state index contributed by atoms with van der Waals surface area (Å²) in [5, 5.41) is 0. The van der Waals surface area contributed by atoms with Crippen LogP contribution in [-0.2, 0) is 22.0 Å². The minimum atomic E-state index is -0.905. The number of hydrogen-bond acceptors (Lipinski definition) is 3. The molecule has 1 aliphatic heterocycles. The van der Waals surface area contributed by atoms with Gasteiger partial charge in [-0.3, -0.25) is 4.21 Å². The van der Waals surface area contributed by atoms with Gasteiger partial charge in [-0.15, -0.1) is 0 Å². The van der Waals surface area contributed by atoms with Crippen molar-refractivity contribution in [3.8, 4) is 0 Å². The molecule has 1 saturated heterocycles. The van der Waals surface area contributed by atoms with Crippen molar-refractivity contribution in [3.63, 3.8) is 0 Å². The van der Waals surface area contributed by atoms with Gasteiger partial charge in [0.25, 0.3) is 0 Å². The zero-order valence-electron chi connectivity index (χ0n) is 13.1. The molecule has 2 rings (SSSR count). The molecule has 21 heavy (non-hydrogen) atoms. The first-order chi connectivity index (χ1) is 10.0. The maximum absolute atomic E-state index is 12.1. The van der Waals surface area contributed by atoms with E-state index in [0.717, 1.165) is 31.4 Å². The van der Waals surface area contributed by atoms with E-state index in [9.17, 15) is 4.21 Å². The summed E-state index contributed by atoms with van der Waals surface area (Å²) >= 11 is 0. The summed E-state index contributed by atoms with van der Waals surface area (Å²) < 4.78 is 17.7. The van der Waals surface area contributed by atoms with Crippen LogP contribution in [0, 0.1) is 5.92 Å². The van der Waals surface area contributed by atoms with Gasteiger partial charge in [0.05, 0.1) is 6.10 Å². The van der Waals surface area contributed by atoms with Crippen LogP contribution in [0.25, 0.3) is 0 Å². The molecule has 0 radical (unpaired) electrons. The highest BCUT2D eigenvalue weighted by atomic mass is 32.2. The summed E-state index contributed by atoms with van der Waals surface area (Å²) in [6.45, 7) is 5.24. The molecule has 0 aliphatic carbocycles. The molecule has 1 aromatic rings. The van der Waals surface area contributed by atoms with Crippen LogP contribution in [0.1, 0.15) is 43.9 Å². The first-order valence-corrected chi connectivity index (χ1v) is 9.34. The van der Waals surface area contributed by atoms with E-state index in [1.807, 2.05) is 0 Å². The van der Waals surface area contributed by atoms with E-state index in [1.165, 1.54) is 5.56 Å². The fourth-order valence-corrected chi connectivity index (χ4v) is 4.13. The molecule has 3 nitrogen and oxygen atoms in total. The Bertz CT molecular complexity index is 452. The normalized spacial score (nSPS) is 21.6. The summed E-state index contributed by atoms with van der Waals surface area (Å²) in [5.74, 6) is 1.80. The smallest absolute Gasteiger partial charge is 0.0691 e. The number of rotatable bonds is 7. The van der Waals surface area contributed by atoms with Gasteiger partial charge in [-0.1, -0.05) is 38.1 Å². The molecule has 0 saturated carbocycles. The van der Waals surface area contributed by atoms with Gasteiger partial charge in [0, 0.05) is 35.0 Å². The molecule has 3 atom stereocenters. The molecule has 0 amide bonds. The second-order valence-electron chi connectivity index (χ2n) is 6.35. The number of ether oxygens (including phenoxy) is 1. The highest BCUT2D eigenvalue weighted by molar-refractivity contribution is 7.85. The summed E-state index contributed by atoms with van der Waals surface area (Å²) in [6, 6.07) is 8.27. The van der Waals surface area contributed by atoms with E-state index in [0.29, 0.717) is 17.4 Å². The van der Waals surface area contributed by atoms with Crippen molar-refractivity contribution < 1.29 is 8.95 Å². The number of nitrogens with two attached hydrogens (primary N) is 1. The van der Waals surface area contributed by atoms with Crippen LogP contribution in [0.15, 0.2) is 24.3 Å². The van der Waals surface area contributed by atoms with Gasteiger partial charge in [0.15, 0.2) is 0 Å². The van der Waals surface area contributed by atoms with Crippen LogP contribution in [0.5, 0.6) is 0 Å². The molecular formula is C17H27NO2S. The Morgan fingerprint density at radius 2 is 2.05 bits per heavy atom. The Kier molecular flexibility index (Phi) is 6.40. The molecule has 3 unspecified atom stereocenters. The molecule has 0 bridgehead atoms. The third kappa shape index (κ3) is 5.53. The zero-order valence-corrected chi connectivity index (χ0v) is 13.9. The minimum absolute atomic E-state index is 0.152. The van der Waals surface area contributed by atoms with Gasteiger partial charge in [0.1, 0.15) is 0 Å². The lowest BCUT2D eigenvalue weighted by Gasteiger charge is -2.15. The monoisotopic (exact) mass is 309 g/mol. The number of benzene rings is 1. The largest absolute Gasteiger partial charge is 0.377 e. The molecule has 118 valence electrons. The first-order valence-electron chi connectivity index (χ1n) is 7.85. The van der Waals surface area contributed by atoms with Gasteiger partial charge in [0.2, 0.25) is 0 Å². The summed E-state index contributed by atoms with van der Waals surface area (Å²) in [7, 11) is -0.905. The molecule has 1 heterocycles. The average Bonchev–Trinajstić information content (AvgIpc) is 2.91. The van der Waals surface area contributed by atoms with Gasteiger partial charge in [-0.25, -0.2) is 0 Å². The predicted octanol–water partition coefficient (Wildman–Crippen LogP) is 2.81. The highest BCUT2D eigenvalue weighted by Gasteiger charge is 2.20. The Labute approximate surface area is 130 Å². The second-order valence-corrected chi connectivity index (χ2v) is 7.90. The number of hydrogen-bond donors (Lipinski definition) is 1. The molecule has 1 fully saturated rings. The van der Waals surface area contributed by atoms with Crippen molar-refractivity contribution in [3.05, 3.63) is 35.4 Å². The third-order valence-corrected chi connectivity index (χ3v) is 5.29. The molecule has 1 aromatic carbocycles. The molecule has 1 aliphatic rings. The topological polar surface area (TPSA) is 52.3 Å². The van der Waals surface area contributed by atoms with Crippen molar-refractivity contribution in [1.29, 1.82) is 0 Å². The lowest BCUT2D eigenvalue weighted by Crippen LogP contribution is -2.24. The van der Waals surface area contributed by atoms with Crippen LogP contribution in [0.3, 0.4) is 0 Å². The second kappa shape index (κ2) is 8.06. The Morgan fingerprint density at radius 1 is 1.33 bits per heavy atom. The van der Waals surface area contributed by atoms with E-state index in [4.69, 9.17) is 10.5 Å². The Morgan fingerprint density at radius 3 is 2.62 bits per heavy atom. The molecular weight excluding hydrogens is 282 g/mol. The van der Waals surface area contributed by atoms with E-state index in [-0.39, 0.29) is 12.1 Å². The summed E-state index contributed by atoms with van der Waals surface area (Å²) in [5.41, 5.74) is 8.59. The Balaban J connectivity index is 1.84. The van der Waals surface area contributed by atoms with E-state index in [2.05, 4.69) is 38.1 Å². The maximum Gasteiger partial charge on any atom is 0.0691 e. The van der Waals surface area contributed by atoms with Gasteiger partial charge < -0.3 is 10.5 Å². The Hall–Kier alpha value is -0.710. The highest BCUT2D eigenvalue weighted by Crippen LogP contribution is 2.17. The molecule has 2 N–H and O–H groups in total. The third-order valence-electron chi connectivity index (χ3n) is 3.81. The van der Waals surface area contributed by atoms with E-state index >= 15 is 0 Å². The van der Waals surface area contributed by atoms with Gasteiger partial charge in [-0.2, -0.15) is 0 Å². The van der Waals surface area contributed by atoms with Crippen molar-refractivity contribution >= 4 is 10.8 Å². The maximum atomic E-state index is 12.1. The molecule has 0 aromatic heterocycles. The fraction of sp³-hybridized carbons (Fsp3) is 0.647. The molecule has 4 heteroatoms. The zero-order chi connectivity index (χ0) is 15.2. The lowest BCUT2D eigenvalue weighted by molar-refractivity contribution is 0.128. The average molecular weight is 309 g/mol. The van der Waals surface area contributed by atoms with Crippen LogP contribution in [-0.4, -0.2) is 28.4 Å². The standard InChI is InChI=1S/C17H27NO2S/c1-13(2)10-14-5-7-15(8-6-14)17(18)12-21(19)11-16-4-3-9-20-16/h5-8,13,16-17H,3-4,9-12,18H2,1-2H3. The van der Waals surface area contributed by atoms with Gasteiger partial charge >= 0.3 is 0 Å². The molecule has 0 spiro atoms. The summed E-state index contributed by atoms with van der Waals surface area (Å²) in [6.07, 6.45) is 3.38. The van der Waals surface area contributed by atoms with Crippen LogP contribution in [0.2, 0.25) is 0 Å². The summed E-state index contributed by atoms with van der Waals surface area (Å²) in [4.78, 5) is 0. The van der Waals surface area contributed by atoms with Crippen molar-refractivity contribution in [2.24, 2.45) is 11.7 Å². The first kappa shape index (κ1) is 16.7. The van der Waals surface area contributed by atoms with E-state index in [1.54, 1.807) is 0 Å². The quantitative estimate of drug-likeness (QED) is 0.842. The van der Waals surface area contributed by atoms with Crippen LogP contribution < -0.4 is 5.73 Å². The predicted molar refractivity (Wildman–Crippen MR) is 88.8 cm³/mol.